The summed E-state index contributed by atoms with van der Waals surface area (Å²) in [7, 11) is 0. The highest BCUT2D eigenvalue weighted by molar-refractivity contribution is 5.81. The average molecular weight is 394 g/mol. The summed E-state index contributed by atoms with van der Waals surface area (Å²) in [5.74, 6) is -4.17. The molecule has 0 spiro atoms. The van der Waals surface area contributed by atoms with Gasteiger partial charge in [-0.1, -0.05) is 30.3 Å². The molecule has 5 nitrogen and oxygen atoms in total. The van der Waals surface area contributed by atoms with Crippen molar-refractivity contribution in [1.29, 1.82) is 5.41 Å². The molecule has 28 heavy (non-hydrogen) atoms. The fraction of sp³-hybridized carbons (Fsp3) is 0.619. The predicted molar refractivity (Wildman–Crippen MR) is 101 cm³/mol. The summed E-state index contributed by atoms with van der Waals surface area (Å²) in [6, 6.07) is 8.28. The molecule has 3 rings (SSSR count). The van der Waals surface area contributed by atoms with Crippen LogP contribution in [0, 0.1) is 17.2 Å². The summed E-state index contributed by atoms with van der Waals surface area (Å²) in [4.78, 5) is 14.8. The van der Waals surface area contributed by atoms with Crippen LogP contribution in [-0.4, -0.2) is 47.9 Å². The molecule has 1 aliphatic carbocycles. The Morgan fingerprint density at radius 1 is 1.29 bits per heavy atom. The van der Waals surface area contributed by atoms with E-state index in [0.29, 0.717) is 17.9 Å². The maximum Gasteiger partial charge on any atom is 0.343 e. The third kappa shape index (κ3) is 4.51. The zero-order valence-electron chi connectivity index (χ0n) is 15.9. The van der Waals surface area contributed by atoms with Gasteiger partial charge >= 0.3 is 5.97 Å². The first-order valence-corrected chi connectivity index (χ1v) is 9.93. The van der Waals surface area contributed by atoms with Crippen molar-refractivity contribution in [2.75, 3.05) is 19.7 Å². The molecule has 0 bridgehead atoms. The van der Waals surface area contributed by atoms with E-state index in [4.69, 9.17) is 10.1 Å². The zero-order valence-corrected chi connectivity index (χ0v) is 15.9. The minimum Gasteiger partial charge on any atom is -0.463 e. The predicted octanol–water partition coefficient (Wildman–Crippen LogP) is 3.56. The van der Waals surface area contributed by atoms with E-state index in [0.717, 1.165) is 25.9 Å². The number of likely N-dealkylation sites (tertiary alicyclic amines) is 1. The van der Waals surface area contributed by atoms with Crippen LogP contribution in [0.1, 0.15) is 44.1 Å². The highest BCUT2D eigenvalue weighted by Crippen LogP contribution is 2.47. The Hall–Kier alpha value is -2.02. The van der Waals surface area contributed by atoms with Gasteiger partial charge in [-0.15, -0.1) is 0 Å². The van der Waals surface area contributed by atoms with E-state index in [1.807, 2.05) is 4.90 Å². The Kier molecular flexibility index (Phi) is 6.33. The number of rotatable bonds is 7. The Balaban J connectivity index is 1.64. The summed E-state index contributed by atoms with van der Waals surface area (Å²) in [6.07, 6.45) is 3.09. The molecule has 0 radical (unpaired) electrons. The van der Waals surface area contributed by atoms with Crippen LogP contribution < -0.4 is 0 Å². The molecule has 2 aliphatic rings. The van der Waals surface area contributed by atoms with Crippen LogP contribution in [0.3, 0.4) is 0 Å². The molecule has 1 saturated carbocycles. The van der Waals surface area contributed by atoms with E-state index in [-0.39, 0.29) is 19.4 Å². The molecule has 154 valence electrons. The molecular formula is C21H28F2N2O3. The summed E-state index contributed by atoms with van der Waals surface area (Å²) < 4.78 is 33.0. The maximum atomic E-state index is 13.8. The van der Waals surface area contributed by atoms with Crippen molar-refractivity contribution in [3.05, 3.63) is 35.9 Å². The zero-order chi connectivity index (χ0) is 20.2. The summed E-state index contributed by atoms with van der Waals surface area (Å²) in [5.41, 5.74) is -1.74. The van der Waals surface area contributed by atoms with Gasteiger partial charge in [0.05, 0.1) is 12.9 Å². The Bertz CT molecular complexity index is 677. The minimum absolute atomic E-state index is 0.0789. The van der Waals surface area contributed by atoms with Crippen molar-refractivity contribution in [3.8, 4) is 0 Å². The van der Waals surface area contributed by atoms with Gasteiger partial charge in [0, 0.05) is 31.8 Å². The van der Waals surface area contributed by atoms with Gasteiger partial charge in [0.2, 0.25) is 5.92 Å². The van der Waals surface area contributed by atoms with Crippen molar-refractivity contribution in [1.82, 2.24) is 4.90 Å². The third-order valence-electron chi connectivity index (χ3n) is 6.11. The fourth-order valence-corrected chi connectivity index (χ4v) is 4.32. The number of aliphatic hydroxyl groups is 1. The number of halogens is 2. The SMILES string of the molecule is N=CN1CCC(CCOC(=O)C(O)(c2ccccc2)C2CCC(F)(F)C2)CC1. The molecule has 1 saturated heterocycles. The van der Waals surface area contributed by atoms with E-state index in [2.05, 4.69) is 0 Å². The molecule has 2 N–H and O–H groups in total. The highest BCUT2D eigenvalue weighted by Gasteiger charge is 2.54. The molecule has 1 aliphatic heterocycles. The number of hydrogen-bond acceptors (Lipinski definition) is 4. The van der Waals surface area contributed by atoms with Crippen LogP contribution in [-0.2, 0) is 15.1 Å². The van der Waals surface area contributed by atoms with Gasteiger partial charge < -0.3 is 14.7 Å². The smallest absolute Gasteiger partial charge is 0.343 e. The van der Waals surface area contributed by atoms with Gasteiger partial charge in [-0.3, -0.25) is 5.41 Å². The molecule has 1 aromatic rings. The van der Waals surface area contributed by atoms with E-state index in [9.17, 15) is 18.7 Å². The number of esters is 1. The summed E-state index contributed by atoms with van der Waals surface area (Å²) >= 11 is 0. The number of ether oxygens (including phenoxy) is 1. The molecule has 0 aromatic heterocycles. The molecule has 2 atom stereocenters. The van der Waals surface area contributed by atoms with Crippen LogP contribution in [0.4, 0.5) is 8.78 Å². The molecule has 1 aromatic carbocycles. The number of carbonyl (C=O) groups excluding carboxylic acids is 1. The second-order valence-electron chi connectivity index (χ2n) is 7.96. The number of piperidine rings is 1. The first-order chi connectivity index (χ1) is 13.3. The number of hydrogen-bond donors (Lipinski definition) is 2. The lowest BCUT2D eigenvalue weighted by Crippen LogP contribution is -2.44. The van der Waals surface area contributed by atoms with E-state index in [1.165, 1.54) is 6.34 Å². The van der Waals surface area contributed by atoms with Crippen molar-refractivity contribution in [2.45, 2.75) is 50.0 Å². The maximum absolute atomic E-state index is 13.8. The van der Waals surface area contributed by atoms with Gasteiger partial charge in [-0.25, -0.2) is 13.6 Å². The van der Waals surface area contributed by atoms with Crippen LogP contribution in [0.5, 0.6) is 0 Å². The van der Waals surface area contributed by atoms with Crippen molar-refractivity contribution < 1.29 is 23.4 Å². The van der Waals surface area contributed by atoms with Crippen molar-refractivity contribution in [2.24, 2.45) is 11.8 Å². The van der Waals surface area contributed by atoms with Crippen molar-refractivity contribution >= 4 is 12.3 Å². The molecular weight excluding hydrogens is 366 g/mol. The summed E-state index contributed by atoms with van der Waals surface area (Å²) in [6.45, 7) is 1.78. The van der Waals surface area contributed by atoms with Crippen LogP contribution in [0.2, 0.25) is 0 Å². The second-order valence-corrected chi connectivity index (χ2v) is 7.96. The standard InChI is InChI=1S/C21H28F2N2O3/c22-20(23)10-6-18(14-20)21(27,17-4-2-1-3-5-17)19(26)28-13-9-16-7-11-25(15-24)12-8-16/h1-5,15-16,18,24,27H,6-14H2. The van der Waals surface area contributed by atoms with E-state index >= 15 is 0 Å². The Morgan fingerprint density at radius 3 is 2.54 bits per heavy atom. The lowest BCUT2D eigenvalue weighted by atomic mass is 9.80. The first-order valence-electron chi connectivity index (χ1n) is 9.93. The van der Waals surface area contributed by atoms with Crippen LogP contribution in [0.25, 0.3) is 0 Å². The minimum atomic E-state index is -2.86. The second kappa shape index (κ2) is 8.55. The Morgan fingerprint density at radius 2 is 1.96 bits per heavy atom. The average Bonchev–Trinajstić information content (AvgIpc) is 3.08. The molecule has 2 fully saturated rings. The molecule has 7 heteroatoms. The number of nitrogens with one attached hydrogen (secondary N) is 1. The highest BCUT2D eigenvalue weighted by atomic mass is 19.3. The normalized spacial score (nSPS) is 24.5. The van der Waals surface area contributed by atoms with Crippen molar-refractivity contribution in [3.63, 3.8) is 0 Å². The van der Waals surface area contributed by atoms with Gasteiger partial charge in [-0.2, -0.15) is 0 Å². The summed E-state index contributed by atoms with van der Waals surface area (Å²) in [5, 5.41) is 18.5. The third-order valence-corrected chi connectivity index (χ3v) is 6.11. The first kappa shape index (κ1) is 20.7. The largest absolute Gasteiger partial charge is 0.463 e. The van der Waals surface area contributed by atoms with Gasteiger partial charge in [0.1, 0.15) is 0 Å². The van der Waals surface area contributed by atoms with E-state index in [1.54, 1.807) is 30.3 Å². The number of alkyl halides is 2. The van der Waals surface area contributed by atoms with Gasteiger partial charge in [0.15, 0.2) is 5.60 Å². The molecule has 1 heterocycles. The number of benzene rings is 1. The molecule has 0 amide bonds. The monoisotopic (exact) mass is 394 g/mol. The van der Waals surface area contributed by atoms with Crippen LogP contribution >= 0.6 is 0 Å². The van der Waals surface area contributed by atoms with Gasteiger partial charge in [-0.05, 0) is 37.2 Å². The Labute approximate surface area is 164 Å². The van der Waals surface area contributed by atoms with Gasteiger partial charge in [0.25, 0.3) is 0 Å². The molecule has 2 unspecified atom stereocenters. The number of nitrogens with zero attached hydrogens (tertiary/aromatic N) is 1. The fourth-order valence-electron chi connectivity index (χ4n) is 4.32. The quantitative estimate of drug-likeness (QED) is 0.421. The lowest BCUT2D eigenvalue weighted by Gasteiger charge is -2.33. The van der Waals surface area contributed by atoms with E-state index < -0.39 is 29.8 Å². The lowest BCUT2D eigenvalue weighted by molar-refractivity contribution is -0.175. The topological polar surface area (TPSA) is 73.6 Å². The number of carbonyl (C=O) groups is 1. The van der Waals surface area contributed by atoms with Crippen LogP contribution in [0.15, 0.2) is 30.3 Å².